The van der Waals surface area contributed by atoms with Crippen molar-refractivity contribution in [3.8, 4) is 0 Å². The quantitative estimate of drug-likeness (QED) is 0.740. The van der Waals surface area contributed by atoms with Gasteiger partial charge in [0.25, 0.3) is 0 Å². The number of fused-ring (bicyclic) bond motifs is 1. The molecule has 0 amide bonds. The van der Waals surface area contributed by atoms with Crippen LogP contribution in [0.5, 0.6) is 0 Å². The number of aromatic nitrogens is 1. The number of hydrogen-bond acceptors (Lipinski definition) is 4. The number of esters is 1. The standard InChI is InChI=1S/C11H14N2O2/c1-2-15-11(14)9-4-3-7-5-8(12)6-13-10(7)9/h5-6,9H,2-4,12H2,1H3. The summed E-state index contributed by atoms with van der Waals surface area (Å²) in [5, 5.41) is 0. The van der Waals surface area contributed by atoms with Gasteiger partial charge in [0.15, 0.2) is 0 Å². The number of nitrogen functional groups attached to an aromatic ring is 1. The van der Waals surface area contributed by atoms with Gasteiger partial charge < -0.3 is 10.5 Å². The Morgan fingerprint density at radius 3 is 3.27 bits per heavy atom. The van der Waals surface area contributed by atoms with Crippen LogP contribution in [-0.2, 0) is 16.0 Å². The normalized spacial score (nSPS) is 18.6. The van der Waals surface area contributed by atoms with Crippen molar-refractivity contribution >= 4 is 11.7 Å². The van der Waals surface area contributed by atoms with Gasteiger partial charge in [-0.1, -0.05) is 0 Å². The monoisotopic (exact) mass is 206 g/mol. The third-order valence-electron chi connectivity index (χ3n) is 2.63. The van der Waals surface area contributed by atoms with E-state index in [4.69, 9.17) is 10.5 Å². The van der Waals surface area contributed by atoms with E-state index in [0.29, 0.717) is 12.3 Å². The largest absolute Gasteiger partial charge is 0.465 e. The summed E-state index contributed by atoms with van der Waals surface area (Å²) in [6, 6.07) is 1.89. The fraction of sp³-hybridized carbons (Fsp3) is 0.455. The van der Waals surface area contributed by atoms with E-state index in [1.807, 2.05) is 13.0 Å². The first-order valence-corrected chi connectivity index (χ1v) is 5.13. The molecule has 1 atom stereocenters. The maximum atomic E-state index is 11.6. The molecule has 0 fully saturated rings. The number of anilines is 1. The Morgan fingerprint density at radius 1 is 1.73 bits per heavy atom. The van der Waals surface area contributed by atoms with Gasteiger partial charge in [-0.25, -0.2) is 0 Å². The highest BCUT2D eigenvalue weighted by Gasteiger charge is 2.31. The van der Waals surface area contributed by atoms with Crippen molar-refractivity contribution in [2.75, 3.05) is 12.3 Å². The first kappa shape index (κ1) is 9.96. The molecule has 2 N–H and O–H groups in total. The van der Waals surface area contributed by atoms with Gasteiger partial charge in [0.2, 0.25) is 0 Å². The number of hydrogen-bond donors (Lipinski definition) is 1. The van der Waals surface area contributed by atoms with Crippen LogP contribution in [0.4, 0.5) is 5.69 Å². The molecular weight excluding hydrogens is 192 g/mol. The lowest BCUT2D eigenvalue weighted by Crippen LogP contribution is -2.14. The molecule has 1 aliphatic rings. The van der Waals surface area contributed by atoms with Crippen LogP contribution >= 0.6 is 0 Å². The van der Waals surface area contributed by atoms with E-state index in [0.717, 1.165) is 24.1 Å². The van der Waals surface area contributed by atoms with Crippen molar-refractivity contribution in [1.29, 1.82) is 0 Å². The van der Waals surface area contributed by atoms with Gasteiger partial charge in [-0.3, -0.25) is 9.78 Å². The summed E-state index contributed by atoms with van der Waals surface area (Å²) in [5.41, 5.74) is 8.20. The summed E-state index contributed by atoms with van der Waals surface area (Å²) in [7, 11) is 0. The number of ether oxygens (including phenoxy) is 1. The molecule has 1 aromatic rings. The maximum Gasteiger partial charge on any atom is 0.315 e. The predicted molar refractivity (Wildman–Crippen MR) is 56.3 cm³/mol. The van der Waals surface area contributed by atoms with Crippen molar-refractivity contribution in [3.05, 3.63) is 23.5 Å². The molecule has 15 heavy (non-hydrogen) atoms. The minimum atomic E-state index is -0.194. The fourth-order valence-corrected chi connectivity index (χ4v) is 1.96. The number of aryl methyl sites for hydroxylation is 1. The molecular formula is C11H14N2O2. The summed E-state index contributed by atoms with van der Waals surface area (Å²) in [6.45, 7) is 2.23. The number of pyridine rings is 1. The zero-order chi connectivity index (χ0) is 10.8. The zero-order valence-electron chi connectivity index (χ0n) is 8.69. The Balaban J connectivity index is 2.25. The first-order chi connectivity index (χ1) is 7.22. The van der Waals surface area contributed by atoms with Crippen LogP contribution in [0.15, 0.2) is 12.3 Å². The van der Waals surface area contributed by atoms with Crippen molar-refractivity contribution in [1.82, 2.24) is 4.98 Å². The molecule has 0 radical (unpaired) electrons. The first-order valence-electron chi connectivity index (χ1n) is 5.13. The smallest absolute Gasteiger partial charge is 0.315 e. The van der Waals surface area contributed by atoms with E-state index in [1.54, 1.807) is 6.20 Å². The molecule has 0 aliphatic heterocycles. The summed E-state index contributed by atoms with van der Waals surface area (Å²) >= 11 is 0. The predicted octanol–water partition coefficient (Wildman–Crippen LogP) is 1.26. The molecule has 0 aromatic carbocycles. The average Bonchev–Trinajstić information content (AvgIpc) is 2.60. The van der Waals surface area contributed by atoms with Crippen LogP contribution in [0.2, 0.25) is 0 Å². The molecule has 2 rings (SSSR count). The van der Waals surface area contributed by atoms with Gasteiger partial charge in [0.1, 0.15) is 0 Å². The number of nitrogens with two attached hydrogens (primary N) is 1. The third-order valence-corrected chi connectivity index (χ3v) is 2.63. The highest BCUT2D eigenvalue weighted by molar-refractivity contribution is 5.79. The molecule has 1 heterocycles. The van der Waals surface area contributed by atoms with Gasteiger partial charge in [0, 0.05) is 0 Å². The molecule has 4 nitrogen and oxygen atoms in total. The summed E-state index contributed by atoms with van der Waals surface area (Å²) in [4.78, 5) is 15.8. The van der Waals surface area contributed by atoms with Crippen molar-refractivity contribution in [2.24, 2.45) is 0 Å². The molecule has 1 unspecified atom stereocenters. The Morgan fingerprint density at radius 2 is 2.53 bits per heavy atom. The fourth-order valence-electron chi connectivity index (χ4n) is 1.96. The van der Waals surface area contributed by atoms with E-state index in [9.17, 15) is 4.79 Å². The van der Waals surface area contributed by atoms with Gasteiger partial charge >= 0.3 is 5.97 Å². The second kappa shape index (κ2) is 3.88. The highest BCUT2D eigenvalue weighted by atomic mass is 16.5. The van der Waals surface area contributed by atoms with Crippen molar-refractivity contribution < 1.29 is 9.53 Å². The van der Waals surface area contributed by atoms with Crippen LogP contribution < -0.4 is 5.73 Å². The van der Waals surface area contributed by atoms with Gasteiger partial charge in [-0.05, 0) is 31.4 Å². The average molecular weight is 206 g/mol. The SMILES string of the molecule is CCOC(=O)C1CCc2cc(N)cnc21. The lowest BCUT2D eigenvalue weighted by atomic mass is 10.1. The zero-order valence-corrected chi connectivity index (χ0v) is 8.69. The third kappa shape index (κ3) is 1.79. The lowest BCUT2D eigenvalue weighted by molar-refractivity contribution is -0.145. The van der Waals surface area contributed by atoms with E-state index >= 15 is 0 Å². The molecule has 1 aliphatic carbocycles. The van der Waals surface area contributed by atoms with Gasteiger partial charge in [-0.2, -0.15) is 0 Å². The molecule has 4 heteroatoms. The number of carbonyl (C=O) groups excluding carboxylic acids is 1. The Labute approximate surface area is 88.4 Å². The highest BCUT2D eigenvalue weighted by Crippen LogP contribution is 2.33. The van der Waals surface area contributed by atoms with E-state index in [-0.39, 0.29) is 11.9 Å². The van der Waals surface area contributed by atoms with E-state index in [1.165, 1.54) is 0 Å². The Bertz CT molecular complexity index is 390. The summed E-state index contributed by atoms with van der Waals surface area (Å²) < 4.78 is 5.00. The van der Waals surface area contributed by atoms with Crippen LogP contribution in [0.1, 0.15) is 30.5 Å². The molecule has 0 saturated heterocycles. The number of rotatable bonds is 2. The van der Waals surface area contributed by atoms with E-state index in [2.05, 4.69) is 4.98 Å². The topological polar surface area (TPSA) is 65.2 Å². The molecule has 80 valence electrons. The molecule has 0 spiro atoms. The summed E-state index contributed by atoms with van der Waals surface area (Å²) in [6.07, 6.45) is 3.23. The van der Waals surface area contributed by atoms with Gasteiger partial charge in [-0.15, -0.1) is 0 Å². The van der Waals surface area contributed by atoms with Crippen LogP contribution in [0.3, 0.4) is 0 Å². The lowest BCUT2D eigenvalue weighted by Gasteiger charge is -2.09. The van der Waals surface area contributed by atoms with Crippen molar-refractivity contribution in [3.63, 3.8) is 0 Å². The summed E-state index contributed by atoms with van der Waals surface area (Å²) in [5.74, 6) is -0.367. The minimum Gasteiger partial charge on any atom is -0.465 e. The molecule has 1 aromatic heterocycles. The van der Waals surface area contributed by atoms with Crippen molar-refractivity contribution in [2.45, 2.75) is 25.7 Å². The molecule has 0 saturated carbocycles. The Kier molecular flexibility index (Phi) is 2.58. The van der Waals surface area contributed by atoms with Crippen LogP contribution in [0, 0.1) is 0 Å². The number of carbonyl (C=O) groups is 1. The second-order valence-corrected chi connectivity index (χ2v) is 3.66. The minimum absolute atomic E-state index is 0.173. The molecule has 0 bridgehead atoms. The maximum absolute atomic E-state index is 11.6. The second-order valence-electron chi connectivity index (χ2n) is 3.66. The van der Waals surface area contributed by atoms with Crippen LogP contribution in [-0.4, -0.2) is 17.6 Å². The van der Waals surface area contributed by atoms with Crippen LogP contribution in [0.25, 0.3) is 0 Å². The van der Waals surface area contributed by atoms with E-state index < -0.39 is 0 Å². The van der Waals surface area contributed by atoms with Gasteiger partial charge in [0.05, 0.1) is 30.1 Å². The number of nitrogens with zero attached hydrogens (tertiary/aromatic N) is 1. The Hall–Kier alpha value is -1.58.